The minimum absolute atomic E-state index is 0.0485. The van der Waals surface area contributed by atoms with Gasteiger partial charge in [0.15, 0.2) is 10.8 Å². The third kappa shape index (κ3) is 4.82. The van der Waals surface area contributed by atoms with E-state index in [-0.39, 0.29) is 24.2 Å². The number of nitrogens with zero attached hydrogens (tertiary/aromatic N) is 7. The zero-order valence-electron chi connectivity index (χ0n) is 21.3. The van der Waals surface area contributed by atoms with Gasteiger partial charge in [-0.1, -0.05) is 17.7 Å². The van der Waals surface area contributed by atoms with Crippen LogP contribution in [0.5, 0.6) is 0 Å². The summed E-state index contributed by atoms with van der Waals surface area (Å²) < 4.78 is 5.84. The number of benzene rings is 1. The van der Waals surface area contributed by atoms with E-state index in [2.05, 4.69) is 31.8 Å². The number of hydrogen-bond acceptors (Lipinski definition) is 11. The largest absolute Gasteiger partial charge is 0.376 e. The fourth-order valence-corrected chi connectivity index (χ4v) is 6.49. The molecule has 39 heavy (non-hydrogen) atoms. The lowest BCUT2D eigenvalue weighted by atomic mass is 9.73. The summed E-state index contributed by atoms with van der Waals surface area (Å²) in [5, 5.41) is 0.928. The Balaban J connectivity index is 1.18. The highest BCUT2D eigenvalue weighted by Crippen LogP contribution is 2.42. The Morgan fingerprint density at radius 3 is 2.77 bits per heavy atom. The van der Waals surface area contributed by atoms with Gasteiger partial charge in [0, 0.05) is 35.7 Å². The maximum Gasteiger partial charge on any atom is 0.265 e. The van der Waals surface area contributed by atoms with Crippen LogP contribution >= 0.6 is 23.4 Å². The fourth-order valence-electron chi connectivity index (χ4n) is 5.38. The van der Waals surface area contributed by atoms with E-state index >= 15 is 0 Å². The predicted octanol–water partition coefficient (Wildman–Crippen LogP) is 2.77. The molecule has 1 spiro atoms. The summed E-state index contributed by atoms with van der Waals surface area (Å²) in [5.74, 6) is 0.251. The molecular formula is C26H28ClN9O2S. The maximum atomic E-state index is 11.9. The molecule has 11 nitrogen and oxygen atoms in total. The number of rotatable bonds is 5. The number of aromatic nitrogens is 4. The average molecular weight is 566 g/mol. The van der Waals surface area contributed by atoms with E-state index in [1.807, 2.05) is 18.2 Å². The van der Waals surface area contributed by atoms with Crippen LogP contribution in [0.25, 0.3) is 11.2 Å². The van der Waals surface area contributed by atoms with Gasteiger partial charge in [0.1, 0.15) is 23.7 Å². The Bertz CT molecular complexity index is 1490. The first-order valence-electron chi connectivity index (χ1n) is 12.7. The molecule has 4 N–H and O–H groups in total. The summed E-state index contributed by atoms with van der Waals surface area (Å²) in [7, 11) is 0. The molecule has 0 bridgehead atoms. The summed E-state index contributed by atoms with van der Waals surface area (Å²) >= 11 is 8.05. The van der Waals surface area contributed by atoms with E-state index in [1.54, 1.807) is 29.6 Å². The summed E-state index contributed by atoms with van der Waals surface area (Å²) in [6.45, 7) is 4.72. The Kier molecular flexibility index (Phi) is 6.88. The van der Waals surface area contributed by atoms with E-state index in [0.29, 0.717) is 32.7 Å². The summed E-state index contributed by atoms with van der Waals surface area (Å²) in [4.78, 5) is 39.3. The molecule has 2 saturated heterocycles. The third-order valence-electron chi connectivity index (χ3n) is 7.73. The van der Waals surface area contributed by atoms with Crippen LogP contribution in [0.3, 0.4) is 0 Å². The van der Waals surface area contributed by atoms with Crippen LogP contribution in [-0.2, 0) is 9.53 Å². The number of aliphatic imine (C=N–C) groups is 1. The second kappa shape index (κ2) is 10.3. The Labute approximate surface area is 234 Å². The van der Waals surface area contributed by atoms with Crippen molar-refractivity contribution in [2.45, 2.75) is 42.0 Å². The minimum Gasteiger partial charge on any atom is -0.376 e. The molecule has 1 amide bonds. The molecule has 3 aliphatic heterocycles. The molecule has 3 aromatic rings. The summed E-state index contributed by atoms with van der Waals surface area (Å²) in [6, 6.07) is 5.59. The molecule has 1 aromatic carbocycles. The van der Waals surface area contributed by atoms with Crippen LogP contribution in [-0.4, -0.2) is 70.6 Å². The van der Waals surface area contributed by atoms with Gasteiger partial charge in [0.2, 0.25) is 0 Å². The molecule has 0 aliphatic carbocycles. The molecule has 13 heteroatoms. The number of halogens is 1. The number of fused-ring (bicyclic) bond motifs is 1. The number of carbonyl (C=O) groups is 1. The zero-order chi connectivity index (χ0) is 27.1. The van der Waals surface area contributed by atoms with Crippen molar-refractivity contribution < 1.29 is 9.53 Å². The van der Waals surface area contributed by atoms with Gasteiger partial charge in [-0.15, -0.1) is 0 Å². The first kappa shape index (κ1) is 25.9. The topological polar surface area (TPSA) is 149 Å². The standard InChI is InChI=1S/C26H28ClN9O2S/c1-15-22(28)26(13-38-15)6-9-35(10-7-26)20-12-31-24-16(33-20)11-32-25(34-24)39-19-4-2-3-17(21(19)27)36-14-30-8-5-18(36)23(29)37/h2-5,8,11-12,15,22H,6-7,9-10,13-14,28H2,1H3,(H2,29,37)/t15-,22+/m0/s1. The minimum atomic E-state index is -0.555. The number of allylic oxidation sites excluding steroid dienone is 1. The number of nitrogens with two attached hydrogens (primary N) is 2. The number of amides is 1. The first-order chi connectivity index (χ1) is 18.8. The molecule has 0 radical (unpaired) electrons. The SMILES string of the molecule is C[C@@H]1OCC2(CCN(c3cnc4nc(Sc5cccc(N6CN=CC=C6C(N)=O)c5Cl)ncc4n3)CC2)[C@@H]1N. The summed E-state index contributed by atoms with van der Waals surface area (Å²) in [5.41, 5.74) is 14.1. The Morgan fingerprint density at radius 1 is 1.21 bits per heavy atom. The van der Waals surface area contributed by atoms with Crippen molar-refractivity contribution in [3.63, 3.8) is 0 Å². The van der Waals surface area contributed by atoms with Gasteiger partial charge in [-0.2, -0.15) is 0 Å². The predicted molar refractivity (Wildman–Crippen MR) is 151 cm³/mol. The molecule has 5 heterocycles. The molecule has 202 valence electrons. The highest BCUT2D eigenvalue weighted by molar-refractivity contribution is 7.99. The van der Waals surface area contributed by atoms with Gasteiger partial charge in [-0.05, 0) is 49.7 Å². The molecule has 0 saturated carbocycles. The van der Waals surface area contributed by atoms with Crippen LogP contribution in [0.2, 0.25) is 5.02 Å². The number of carbonyl (C=O) groups excluding carboxylic acids is 1. The van der Waals surface area contributed by atoms with Gasteiger partial charge in [-0.3, -0.25) is 9.79 Å². The first-order valence-corrected chi connectivity index (χ1v) is 13.9. The quantitative estimate of drug-likeness (QED) is 0.442. The molecule has 0 unspecified atom stereocenters. The van der Waals surface area contributed by atoms with Crippen molar-refractivity contribution >= 4 is 58.2 Å². The number of anilines is 2. The van der Waals surface area contributed by atoms with Gasteiger partial charge in [0.05, 0.1) is 35.8 Å². The molecule has 3 aliphatic rings. The lowest BCUT2D eigenvalue weighted by molar-refractivity contribution is -0.114. The lowest BCUT2D eigenvalue weighted by Gasteiger charge is -2.41. The lowest BCUT2D eigenvalue weighted by Crippen LogP contribution is -2.50. The van der Waals surface area contributed by atoms with Crippen molar-refractivity contribution in [2.24, 2.45) is 21.9 Å². The molecule has 6 rings (SSSR count). The smallest absolute Gasteiger partial charge is 0.265 e. The molecule has 2 aromatic heterocycles. The van der Waals surface area contributed by atoms with Crippen LogP contribution < -0.4 is 21.3 Å². The van der Waals surface area contributed by atoms with E-state index < -0.39 is 5.91 Å². The number of hydrogen-bond donors (Lipinski definition) is 2. The fraction of sp³-hybridized carbons (Fsp3) is 0.385. The molecule has 2 atom stereocenters. The highest BCUT2D eigenvalue weighted by Gasteiger charge is 2.47. The van der Waals surface area contributed by atoms with Gasteiger partial charge >= 0.3 is 0 Å². The van der Waals surface area contributed by atoms with Crippen LogP contribution in [0, 0.1) is 5.41 Å². The monoisotopic (exact) mass is 565 g/mol. The molecular weight excluding hydrogens is 538 g/mol. The van der Waals surface area contributed by atoms with E-state index in [4.69, 9.17) is 32.8 Å². The van der Waals surface area contributed by atoms with Crippen LogP contribution in [0.4, 0.5) is 11.5 Å². The van der Waals surface area contributed by atoms with E-state index in [9.17, 15) is 4.79 Å². The van der Waals surface area contributed by atoms with E-state index in [1.165, 1.54) is 11.8 Å². The molecule has 2 fully saturated rings. The second-order valence-corrected chi connectivity index (χ2v) is 11.4. The van der Waals surface area contributed by atoms with Gasteiger partial charge < -0.3 is 26.0 Å². The van der Waals surface area contributed by atoms with Crippen LogP contribution in [0.15, 0.2) is 57.4 Å². The number of ether oxygens (including phenoxy) is 1. The maximum absolute atomic E-state index is 11.9. The average Bonchev–Trinajstić information content (AvgIpc) is 3.22. The van der Waals surface area contributed by atoms with Crippen molar-refractivity contribution in [3.05, 3.63) is 47.4 Å². The van der Waals surface area contributed by atoms with Gasteiger partial charge in [-0.25, -0.2) is 19.9 Å². The Morgan fingerprint density at radius 2 is 2.03 bits per heavy atom. The number of primary amides is 1. The number of piperidine rings is 1. The van der Waals surface area contributed by atoms with E-state index in [0.717, 1.165) is 43.3 Å². The van der Waals surface area contributed by atoms with Crippen molar-refractivity contribution in [1.82, 2.24) is 19.9 Å². The second-order valence-electron chi connectivity index (χ2n) is 9.99. The normalized spacial score (nSPS) is 22.5. The highest BCUT2D eigenvalue weighted by atomic mass is 35.5. The third-order valence-corrected chi connectivity index (χ3v) is 9.18. The van der Waals surface area contributed by atoms with Gasteiger partial charge in [0.25, 0.3) is 5.91 Å². The zero-order valence-corrected chi connectivity index (χ0v) is 22.9. The van der Waals surface area contributed by atoms with Crippen molar-refractivity contribution in [2.75, 3.05) is 36.2 Å². The van der Waals surface area contributed by atoms with Crippen LogP contribution in [0.1, 0.15) is 19.8 Å². The Hall–Kier alpha value is -3.32. The van der Waals surface area contributed by atoms with Crippen molar-refractivity contribution in [3.8, 4) is 0 Å². The van der Waals surface area contributed by atoms with Crippen molar-refractivity contribution in [1.29, 1.82) is 0 Å². The summed E-state index contributed by atoms with van der Waals surface area (Å²) in [6.07, 6.45) is 8.59.